The van der Waals surface area contributed by atoms with E-state index in [4.69, 9.17) is 17.7 Å². The van der Waals surface area contributed by atoms with Crippen LogP contribution in [0.3, 0.4) is 0 Å². The number of rotatable bonds is 17. The summed E-state index contributed by atoms with van der Waals surface area (Å²) in [6.45, 7) is 0.507. The van der Waals surface area contributed by atoms with Crippen LogP contribution < -0.4 is 23.9 Å². The molecule has 638 valence electrons. The second-order valence-electron chi connectivity index (χ2n) is 29.4. The molecular formula is C107H68Au4N14O4S+2. The molecule has 0 unspecified atom stereocenters. The molecule has 0 N–H and O–H groups in total. The van der Waals surface area contributed by atoms with Crippen LogP contribution in [0, 0.1) is 66.7 Å². The fourth-order valence-electron chi connectivity index (χ4n) is 15.7. The fraction of sp³-hybridized carbons (Fsp3) is 0.0280. The zero-order valence-electron chi connectivity index (χ0n) is 68.9. The smallest absolute Gasteiger partial charge is 0.596 e. The molecule has 24 aromatic rings. The molecule has 0 saturated heterocycles. The number of furan rings is 3. The normalized spacial score (nSPS) is 11.1. The number of imidazole rings is 2. The van der Waals surface area contributed by atoms with E-state index in [1.54, 1.807) is 34.7 Å². The third kappa shape index (κ3) is 17.9. The van der Waals surface area contributed by atoms with E-state index in [9.17, 15) is 0 Å². The summed E-state index contributed by atoms with van der Waals surface area (Å²) in [5, 5.41) is 12.6. The van der Waals surface area contributed by atoms with Gasteiger partial charge in [0.1, 0.15) is 12.0 Å². The van der Waals surface area contributed by atoms with Crippen molar-refractivity contribution in [2.45, 2.75) is 0 Å². The predicted molar refractivity (Wildman–Crippen MR) is 491 cm³/mol. The number of fused-ring (bicyclic) bond motifs is 8. The first kappa shape index (κ1) is 88.1. The summed E-state index contributed by atoms with van der Waals surface area (Å²) in [5.41, 5.74) is 25.3. The molecule has 0 radical (unpaired) electrons. The van der Waals surface area contributed by atoms with E-state index in [0.717, 1.165) is 157 Å². The molecular weight excluding hydrogens is 2370 g/mol. The molecule has 13 heterocycles. The van der Waals surface area contributed by atoms with Crippen LogP contribution in [0.4, 0.5) is 28.4 Å². The maximum atomic E-state index is 5.88. The molecule has 0 amide bonds. The van der Waals surface area contributed by atoms with Gasteiger partial charge in [-0.3, -0.25) is 15.3 Å². The van der Waals surface area contributed by atoms with Crippen LogP contribution in [0.15, 0.2) is 376 Å². The fourth-order valence-corrected chi connectivity index (χ4v) is 16.3. The average Bonchev–Trinajstić information content (AvgIpc) is 1.51. The van der Waals surface area contributed by atoms with Crippen LogP contribution in [0.25, 0.3) is 157 Å². The van der Waals surface area contributed by atoms with Crippen LogP contribution in [0.2, 0.25) is 0 Å². The summed E-state index contributed by atoms with van der Waals surface area (Å²) in [7, 11) is 4.01. The Morgan fingerprint density at radius 3 is 2.03 bits per heavy atom. The number of aryl methyl sites for hydroxylation is 2. The summed E-state index contributed by atoms with van der Waals surface area (Å²) in [6.07, 6.45) is 25.0. The Bertz CT molecular complexity index is 7970. The molecule has 0 saturated carbocycles. The minimum Gasteiger partial charge on any atom is -0.596 e. The van der Waals surface area contributed by atoms with Crippen molar-refractivity contribution >= 4 is 123 Å². The monoisotopic (exact) mass is 2430 g/mol. The summed E-state index contributed by atoms with van der Waals surface area (Å²) >= 11 is 1.59. The van der Waals surface area contributed by atoms with Gasteiger partial charge in [0, 0.05) is 77.0 Å². The van der Waals surface area contributed by atoms with Gasteiger partial charge >= 0.3 is 89.5 Å². The van der Waals surface area contributed by atoms with Crippen molar-refractivity contribution < 1.29 is 116 Å². The van der Waals surface area contributed by atoms with Crippen LogP contribution >= 0.6 is 11.3 Å². The molecule has 130 heavy (non-hydrogen) atoms. The van der Waals surface area contributed by atoms with Gasteiger partial charge in [0.15, 0.2) is 6.39 Å². The van der Waals surface area contributed by atoms with Crippen molar-refractivity contribution in [3.63, 3.8) is 0 Å². The van der Waals surface area contributed by atoms with Crippen molar-refractivity contribution in [2.24, 2.45) is 14.1 Å². The van der Waals surface area contributed by atoms with E-state index in [1.165, 1.54) is 17.2 Å². The van der Waals surface area contributed by atoms with Crippen molar-refractivity contribution in [2.75, 3.05) is 16.3 Å². The number of anilines is 5. The molecule has 18 nitrogen and oxygen atoms in total. The molecule has 13 aromatic heterocycles. The number of benzene rings is 11. The van der Waals surface area contributed by atoms with Crippen LogP contribution in [-0.2, 0) is 104 Å². The Hall–Kier alpha value is -13.9. The van der Waals surface area contributed by atoms with Crippen LogP contribution in [-0.4, -0.2) is 49.5 Å². The Kier molecular flexibility index (Phi) is 26.9. The Labute approximate surface area is 814 Å². The number of aromatic nitrogens is 12. The largest absolute Gasteiger partial charge is 3.00 e. The Morgan fingerprint density at radius 2 is 1.22 bits per heavy atom. The third-order valence-electron chi connectivity index (χ3n) is 21.5. The van der Waals surface area contributed by atoms with E-state index < -0.39 is 0 Å². The van der Waals surface area contributed by atoms with Gasteiger partial charge in [0.05, 0.1) is 19.6 Å². The maximum absolute atomic E-state index is 5.88. The number of pyridine rings is 2. The van der Waals surface area contributed by atoms with E-state index in [1.807, 2.05) is 228 Å². The molecule has 0 bridgehead atoms. The van der Waals surface area contributed by atoms with Crippen LogP contribution in [0.1, 0.15) is 5.56 Å². The van der Waals surface area contributed by atoms with Gasteiger partial charge in [-0.25, -0.2) is 59.3 Å². The topological polar surface area (TPSA) is 157 Å². The van der Waals surface area contributed by atoms with E-state index >= 15 is 0 Å². The third-order valence-corrected chi connectivity index (χ3v) is 22.1. The Balaban J connectivity index is 0.000000121. The number of oxazole rings is 1. The molecule has 23 heteroatoms. The predicted octanol–water partition coefficient (Wildman–Crippen LogP) is 23.2. The molecule has 0 fully saturated rings. The van der Waals surface area contributed by atoms with Gasteiger partial charge in [-0.15, -0.1) is 149 Å². The minimum atomic E-state index is 0. The second-order valence-corrected chi connectivity index (χ2v) is 30.1. The standard InChI is InChI=1S/C33H20N3O.C29H17N2.C26H21N6O2.C19H10N3OS.4Au/c1-2-10-26(11-3-1)36(28-13-4-8-25(22-28)30-15-6-16-32-31(30)18-21-37-32)29-14-5-12-27(23-29)35-20-17-24-9-7-19-34-33(24)35;1-2-9-21(10-3-1)22-11-8-12-24(19-22)31-28-15-5-4-13-25(28)26-17-16-23(20-29(26)31)27-14-6-7-18-30-27;1-29-16-27-24-25(29)30(2)18-32(24)22-12-6-11-21(14-22)31(20-9-4-3-5-10-20)13-7-8-19-15-33-26-23(19)28-17-34-26;1-3-15(11-16(4-1)22-8-2-7-20-22)21-9-5-18-17(21)12-19(23-18)14-6-10-24-13-14;;;;/h1-17,19-21H;1-9,11-18H;3-6,8-12,15-18H,13H2,1-2H3;1-5,7-10,13H;;;;/q2*-3;-1;-3;4*+3. The van der Waals surface area contributed by atoms with Crippen molar-refractivity contribution in [3.8, 4) is 73.3 Å². The molecule has 24 rings (SSSR count). The van der Waals surface area contributed by atoms with E-state index in [2.05, 4.69) is 255 Å². The van der Waals surface area contributed by atoms with Gasteiger partial charge in [0.25, 0.3) is 17.1 Å². The summed E-state index contributed by atoms with van der Waals surface area (Å²) < 4.78 is 36.3. The zero-order valence-corrected chi connectivity index (χ0v) is 78.3. The molecule has 0 aliphatic carbocycles. The minimum absolute atomic E-state index is 0. The second kappa shape index (κ2) is 39.7. The maximum Gasteiger partial charge on any atom is 3.00 e. The van der Waals surface area contributed by atoms with E-state index in [-0.39, 0.29) is 89.5 Å². The summed E-state index contributed by atoms with van der Waals surface area (Å²) in [6, 6.07) is 128. The first-order chi connectivity index (χ1) is 62.3. The van der Waals surface area contributed by atoms with Gasteiger partial charge in [-0.2, -0.15) is 82.8 Å². The van der Waals surface area contributed by atoms with Crippen LogP contribution in [0.5, 0.6) is 0 Å². The van der Waals surface area contributed by atoms with E-state index in [0.29, 0.717) is 23.6 Å². The molecule has 0 spiro atoms. The first-order valence-electron chi connectivity index (χ1n) is 40.5. The summed E-state index contributed by atoms with van der Waals surface area (Å²) in [4.78, 5) is 22.2. The molecule has 11 aromatic carbocycles. The van der Waals surface area contributed by atoms with Crippen molar-refractivity contribution in [3.05, 3.63) is 431 Å². The number of hydrogen-bond donors (Lipinski definition) is 0. The molecule has 0 aliphatic heterocycles. The number of thiophene rings is 1. The molecule has 0 atom stereocenters. The Morgan fingerprint density at radius 1 is 0.492 bits per heavy atom. The SMILES string of the molecule is C[n+]1c[n-]c2c1[n+](C)cn2-c1[c-]c(N(C[C-]=Cc2coc3ocnc23)c2ccccc2)ccc1.[Au+3].[Au+3].[Au+3].[Au+3].[c-]1c(-c2cccc3oc[c-]c23)cccc1N(c1[c-]c(-n2ccc3cccnc32)ccc1)c1ccccc1.[c-]1ccccc1-c1[c-]c(-n2c3[c-]c(-c4ccccn4)ccc3c3ccccc32)ccc1.[c-]1cscc1-c1[c-]c2c(ccn2-c2[c-]c(-n3cccn3)ccc2)o1. The quantitative estimate of drug-likeness (QED) is 0.0485. The van der Waals surface area contributed by atoms with Gasteiger partial charge in [0.2, 0.25) is 6.33 Å². The first-order valence-corrected chi connectivity index (χ1v) is 41.4. The van der Waals surface area contributed by atoms with Gasteiger partial charge < -0.3 is 46.2 Å². The number of nitrogens with zero attached hydrogens (tertiary/aromatic N) is 14. The van der Waals surface area contributed by atoms with Crippen molar-refractivity contribution in [1.29, 1.82) is 0 Å². The number of hydrogen-bond acceptors (Lipinski definition) is 11. The van der Waals surface area contributed by atoms with Gasteiger partial charge in [-0.05, 0) is 113 Å². The van der Waals surface area contributed by atoms with Crippen molar-refractivity contribution in [1.82, 2.24) is 48.0 Å². The zero-order chi connectivity index (χ0) is 84.2. The number of para-hydroxylation sites is 3. The van der Waals surface area contributed by atoms with Gasteiger partial charge in [-0.1, -0.05) is 129 Å². The molecule has 0 aliphatic rings. The average molecular weight is 2430 g/mol. The summed E-state index contributed by atoms with van der Waals surface area (Å²) in [5.74, 6) is 1.12.